The summed E-state index contributed by atoms with van der Waals surface area (Å²) >= 11 is 0. The lowest BCUT2D eigenvalue weighted by Gasteiger charge is -2.50. The van der Waals surface area contributed by atoms with E-state index in [9.17, 15) is 0 Å². The van der Waals surface area contributed by atoms with Crippen LogP contribution < -0.4 is 4.90 Å². The van der Waals surface area contributed by atoms with Gasteiger partial charge in [-0.05, 0) is 75.8 Å². The zero-order valence-corrected chi connectivity index (χ0v) is 13.4. The summed E-state index contributed by atoms with van der Waals surface area (Å²) in [4.78, 5) is 2.52. The Bertz CT molecular complexity index is 532. The molecule has 110 valence electrons. The van der Waals surface area contributed by atoms with Crippen LogP contribution in [0, 0.1) is 6.92 Å². The first-order chi connectivity index (χ1) is 9.27. The Balaban J connectivity index is 2.63. The van der Waals surface area contributed by atoms with Gasteiger partial charge in [-0.25, -0.2) is 0 Å². The van der Waals surface area contributed by atoms with E-state index in [2.05, 4.69) is 63.7 Å². The fourth-order valence-corrected chi connectivity index (χ4v) is 3.79. The average molecular weight is 274 g/mol. The largest absolute Gasteiger partial charge is 0.411 e. The second-order valence-corrected chi connectivity index (χ2v) is 6.89. The zero-order valence-electron chi connectivity index (χ0n) is 13.4. The number of nitrogens with zero attached hydrogens (tertiary/aromatic N) is 2. The molecule has 3 heteroatoms. The van der Waals surface area contributed by atoms with Gasteiger partial charge < -0.3 is 10.1 Å². The molecule has 1 N–H and O–H groups in total. The summed E-state index contributed by atoms with van der Waals surface area (Å²) in [5.41, 5.74) is 5.01. The number of fused-ring (bicyclic) bond motifs is 1. The lowest BCUT2D eigenvalue weighted by molar-refractivity contribution is 0.321. The van der Waals surface area contributed by atoms with Gasteiger partial charge in [-0.15, -0.1) is 0 Å². The summed E-state index contributed by atoms with van der Waals surface area (Å²) in [6.07, 6.45) is 2.67. The van der Waals surface area contributed by atoms with Crippen LogP contribution in [0.2, 0.25) is 0 Å². The second-order valence-electron chi connectivity index (χ2n) is 6.89. The van der Waals surface area contributed by atoms with Gasteiger partial charge in [0.05, 0.1) is 6.21 Å². The first-order valence-electron chi connectivity index (χ1n) is 7.39. The maximum atomic E-state index is 8.80. The van der Waals surface area contributed by atoms with Crippen molar-refractivity contribution in [3.63, 3.8) is 0 Å². The van der Waals surface area contributed by atoms with E-state index in [-0.39, 0.29) is 5.54 Å². The van der Waals surface area contributed by atoms with Gasteiger partial charge in [-0.3, -0.25) is 0 Å². The molecule has 0 saturated heterocycles. The molecule has 1 aliphatic heterocycles. The van der Waals surface area contributed by atoms with Crippen LogP contribution in [0.3, 0.4) is 0 Å². The van der Waals surface area contributed by atoms with Crippen molar-refractivity contribution < 1.29 is 5.21 Å². The highest BCUT2D eigenvalue weighted by molar-refractivity contribution is 5.83. The molecule has 0 aliphatic carbocycles. The number of hydrogen-bond donors (Lipinski definition) is 1. The third-order valence-electron chi connectivity index (χ3n) is 4.38. The summed E-state index contributed by atoms with van der Waals surface area (Å²) in [6.45, 7) is 13.5. The van der Waals surface area contributed by atoms with Crippen molar-refractivity contribution in [1.82, 2.24) is 0 Å². The smallest absolute Gasteiger partial charge is 0.0736 e. The number of rotatable bonds is 2. The molecule has 1 aromatic rings. The molecule has 0 spiro atoms. The normalized spacial score (nSPS) is 21.6. The van der Waals surface area contributed by atoms with Crippen LogP contribution in [0.1, 0.15) is 63.6 Å². The summed E-state index contributed by atoms with van der Waals surface area (Å²) in [5, 5.41) is 12.0. The number of aryl methyl sites for hydroxylation is 1. The molecular weight excluding hydrogens is 248 g/mol. The molecule has 2 rings (SSSR count). The van der Waals surface area contributed by atoms with Crippen molar-refractivity contribution >= 4 is 11.9 Å². The van der Waals surface area contributed by atoms with Crippen molar-refractivity contribution in [2.24, 2.45) is 5.16 Å². The standard InChI is InChI=1S/C17H26N2O/c1-11(2)19-16-7-12(3)14(10-18-20)8-15(16)13(4)9-17(19,5)6/h7-8,10-11,13,20H,9H2,1-6H3/t13-/m0/s1. The maximum Gasteiger partial charge on any atom is 0.0736 e. The molecule has 0 saturated carbocycles. The summed E-state index contributed by atoms with van der Waals surface area (Å²) in [5.74, 6) is 0.515. The van der Waals surface area contributed by atoms with E-state index in [1.165, 1.54) is 17.5 Å². The van der Waals surface area contributed by atoms with Crippen molar-refractivity contribution in [2.75, 3.05) is 4.90 Å². The minimum absolute atomic E-state index is 0.166. The number of benzene rings is 1. The average Bonchev–Trinajstić information content (AvgIpc) is 2.29. The maximum absolute atomic E-state index is 8.80. The van der Waals surface area contributed by atoms with Gasteiger partial charge in [0.25, 0.3) is 0 Å². The summed E-state index contributed by atoms with van der Waals surface area (Å²) < 4.78 is 0. The Morgan fingerprint density at radius 3 is 2.60 bits per heavy atom. The number of anilines is 1. The van der Waals surface area contributed by atoms with E-state index in [0.29, 0.717) is 12.0 Å². The lowest BCUT2D eigenvalue weighted by atomic mass is 9.78. The molecule has 0 radical (unpaired) electrons. The van der Waals surface area contributed by atoms with Crippen LogP contribution in [0.4, 0.5) is 5.69 Å². The number of hydrogen-bond acceptors (Lipinski definition) is 3. The second kappa shape index (κ2) is 5.12. The Morgan fingerprint density at radius 1 is 1.40 bits per heavy atom. The van der Waals surface area contributed by atoms with Crippen LogP contribution >= 0.6 is 0 Å². The molecule has 0 amide bonds. The highest BCUT2D eigenvalue weighted by Gasteiger charge is 2.37. The molecule has 1 atom stereocenters. The van der Waals surface area contributed by atoms with Crippen LogP contribution in [-0.2, 0) is 0 Å². The van der Waals surface area contributed by atoms with Crippen LogP contribution in [0.25, 0.3) is 0 Å². The third-order valence-corrected chi connectivity index (χ3v) is 4.38. The molecule has 0 fully saturated rings. The van der Waals surface area contributed by atoms with E-state index < -0.39 is 0 Å². The highest BCUT2D eigenvalue weighted by atomic mass is 16.4. The van der Waals surface area contributed by atoms with Crippen molar-refractivity contribution in [2.45, 2.75) is 65.5 Å². The Hall–Kier alpha value is -1.51. The Kier molecular flexibility index (Phi) is 3.81. The molecule has 0 unspecified atom stereocenters. The topological polar surface area (TPSA) is 35.8 Å². The Morgan fingerprint density at radius 2 is 2.05 bits per heavy atom. The highest BCUT2D eigenvalue weighted by Crippen LogP contribution is 2.45. The first-order valence-corrected chi connectivity index (χ1v) is 7.39. The van der Waals surface area contributed by atoms with E-state index in [1.807, 2.05) is 0 Å². The van der Waals surface area contributed by atoms with Gasteiger partial charge in [-0.1, -0.05) is 12.1 Å². The van der Waals surface area contributed by atoms with E-state index >= 15 is 0 Å². The fourth-order valence-electron chi connectivity index (χ4n) is 3.79. The molecule has 20 heavy (non-hydrogen) atoms. The van der Waals surface area contributed by atoms with Crippen LogP contribution in [-0.4, -0.2) is 23.0 Å². The van der Waals surface area contributed by atoms with Crippen LogP contribution in [0.15, 0.2) is 17.3 Å². The minimum Gasteiger partial charge on any atom is -0.411 e. The van der Waals surface area contributed by atoms with Gasteiger partial charge in [0.15, 0.2) is 0 Å². The van der Waals surface area contributed by atoms with Gasteiger partial charge in [0, 0.05) is 17.3 Å². The molecule has 0 aromatic heterocycles. The molecule has 1 aromatic carbocycles. The van der Waals surface area contributed by atoms with E-state index in [0.717, 1.165) is 17.5 Å². The minimum atomic E-state index is 0.166. The Labute approximate surface area is 122 Å². The van der Waals surface area contributed by atoms with Crippen LogP contribution in [0.5, 0.6) is 0 Å². The van der Waals surface area contributed by atoms with Crippen molar-refractivity contribution in [3.05, 3.63) is 28.8 Å². The third kappa shape index (κ3) is 2.41. The monoisotopic (exact) mass is 274 g/mol. The van der Waals surface area contributed by atoms with E-state index in [4.69, 9.17) is 5.21 Å². The quantitative estimate of drug-likeness (QED) is 0.496. The van der Waals surface area contributed by atoms with Gasteiger partial charge in [-0.2, -0.15) is 0 Å². The van der Waals surface area contributed by atoms with Gasteiger partial charge >= 0.3 is 0 Å². The fraction of sp³-hybridized carbons (Fsp3) is 0.588. The molecule has 3 nitrogen and oxygen atoms in total. The number of oxime groups is 1. The zero-order chi connectivity index (χ0) is 15.1. The lowest BCUT2D eigenvalue weighted by Crippen LogP contribution is -2.51. The molecule has 0 bridgehead atoms. The van der Waals surface area contributed by atoms with Crippen molar-refractivity contribution in [1.29, 1.82) is 0 Å². The van der Waals surface area contributed by atoms with Gasteiger partial charge in [0.1, 0.15) is 0 Å². The molecular formula is C17H26N2O. The predicted molar refractivity (Wildman–Crippen MR) is 85.3 cm³/mol. The van der Waals surface area contributed by atoms with Crippen molar-refractivity contribution in [3.8, 4) is 0 Å². The SMILES string of the molecule is Cc1cc2c(cc1C=NO)[C@@H](C)CC(C)(C)N2C(C)C. The molecule has 1 heterocycles. The summed E-state index contributed by atoms with van der Waals surface area (Å²) in [7, 11) is 0. The first kappa shape index (κ1) is 14.9. The predicted octanol–water partition coefficient (Wildman–Crippen LogP) is 4.30. The van der Waals surface area contributed by atoms with Gasteiger partial charge in [0.2, 0.25) is 0 Å². The van der Waals surface area contributed by atoms with E-state index in [1.54, 1.807) is 0 Å². The summed E-state index contributed by atoms with van der Waals surface area (Å²) in [6, 6.07) is 4.89. The molecule has 1 aliphatic rings.